The van der Waals surface area contributed by atoms with Crippen molar-refractivity contribution < 1.29 is 24.0 Å². The predicted octanol–water partition coefficient (Wildman–Crippen LogP) is 2.12. The summed E-state index contributed by atoms with van der Waals surface area (Å²) in [4.78, 5) is 46.1. The van der Waals surface area contributed by atoms with Crippen LogP contribution in [0.2, 0.25) is 0 Å². The van der Waals surface area contributed by atoms with Gasteiger partial charge in [-0.15, -0.1) is 0 Å². The number of nitrogens with zero attached hydrogens (tertiary/aromatic N) is 1. The lowest BCUT2D eigenvalue weighted by Gasteiger charge is -2.11. The normalized spacial score (nSPS) is 10.1. The summed E-state index contributed by atoms with van der Waals surface area (Å²) in [5.74, 6) is -1.98. The summed E-state index contributed by atoms with van der Waals surface area (Å²) in [6.07, 6.45) is 0. The topological polar surface area (TPSA) is 128 Å². The fourth-order valence-electron chi connectivity index (χ4n) is 2.33. The first-order valence-electron chi connectivity index (χ1n) is 8.33. The number of amides is 2. The summed E-state index contributed by atoms with van der Waals surface area (Å²) in [6, 6.07) is 11.2. The van der Waals surface area contributed by atoms with Crippen LogP contribution in [0.4, 0.5) is 11.4 Å². The van der Waals surface area contributed by atoms with Crippen LogP contribution in [0, 0.1) is 24.0 Å². The number of carbonyl (C=O) groups excluding carboxylic acids is 3. The molecule has 0 bridgehead atoms. The Hall–Kier alpha value is -3.75. The Balaban J connectivity index is 1.87. The van der Waals surface area contributed by atoms with Crippen LogP contribution in [0.15, 0.2) is 42.5 Å². The van der Waals surface area contributed by atoms with Gasteiger partial charge in [0, 0.05) is 11.6 Å². The first-order valence-corrected chi connectivity index (χ1v) is 8.33. The van der Waals surface area contributed by atoms with Crippen LogP contribution >= 0.6 is 0 Å². The van der Waals surface area contributed by atoms with Gasteiger partial charge in [-0.3, -0.25) is 24.5 Å². The van der Waals surface area contributed by atoms with Gasteiger partial charge in [0.15, 0.2) is 6.61 Å². The molecule has 2 aromatic carbocycles. The zero-order valence-corrected chi connectivity index (χ0v) is 15.4. The minimum absolute atomic E-state index is 0.0587. The van der Waals surface area contributed by atoms with Crippen molar-refractivity contribution in [2.45, 2.75) is 13.8 Å². The van der Waals surface area contributed by atoms with Gasteiger partial charge in [-0.25, -0.2) is 0 Å². The Morgan fingerprint density at radius 1 is 1.07 bits per heavy atom. The highest BCUT2D eigenvalue weighted by Gasteiger charge is 2.20. The van der Waals surface area contributed by atoms with E-state index in [-0.39, 0.29) is 11.4 Å². The van der Waals surface area contributed by atoms with Crippen molar-refractivity contribution in [1.82, 2.24) is 5.32 Å². The van der Waals surface area contributed by atoms with Gasteiger partial charge < -0.3 is 15.4 Å². The van der Waals surface area contributed by atoms with E-state index < -0.39 is 35.9 Å². The SMILES string of the molecule is Cc1ccc([N+](=O)[O-])c(NC(=O)COC(=O)CNC(=O)c2ccccc2)c1C. The minimum atomic E-state index is -0.810. The summed E-state index contributed by atoms with van der Waals surface area (Å²) in [5.41, 5.74) is 1.50. The van der Waals surface area contributed by atoms with Gasteiger partial charge in [0.1, 0.15) is 12.2 Å². The van der Waals surface area contributed by atoms with Crippen LogP contribution < -0.4 is 10.6 Å². The summed E-state index contributed by atoms with van der Waals surface area (Å²) in [6.45, 7) is 2.35. The highest BCUT2D eigenvalue weighted by atomic mass is 16.6. The predicted molar refractivity (Wildman–Crippen MR) is 101 cm³/mol. The molecule has 0 saturated heterocycles. The number of nitro groups is 1. The molecule has 0 unspecified atom stereocenters. The summed E-state index contributed by atoms with van der Waals surface area (Å²) >= 11 is 0. The third kappa shape index (κ3) is 5.37. The molecule has 0 aliphatic heterocycles. The van der Waals surface area contributed by atoms with Crippen LogP contribution in [0.1, 0.15) is 21.5 Å². The second kappa shape index (κ2) is 9.26. The molecule has 2 amide bonds. The molecule has 0 radical (unpaired) electrons. The average Bonchev–Trinajstić information content (AvgIpc) is 2.68. The third-order valence-electron chi connectivity index (χ3n) is 3.97. The molecular weight excluding hydrogens is 366 g/mol. The number of esters is 1. The summed E-state index contributed by atoms with van der Waals surface area (Å²) in [5, 5.41) is 15.9. The first-order chi connectivity index (χ1) is 13.3. The van der Waals surface area contributed by atoms with Gasteiger partial charge in [-0.1, -0.05) is 24.3 Å². The van der Waals surface area contributed by atoms with E-state index in [2.05, 4.69) is 10.6 Å². The Bertz CT molecular complexity index is 911. The lowest BCUT2D eigenvalue weighted by atomic mass is 10.1. The maximum atomic E-state index is 12.0. The lowest BCUT2D eigenvalue weighted by molar-refractivity contribution is -0.384. The Kier molecular flexibility index (Phi) is 6.80. The van der Waals surface area contributed by atoms with E-state index in [4.69, 9.17) is 4.74 Å². The second-order valence-corrected chi connectivity index (χ2v) is 5.92. The van der Waals surface area contributed by atoms with Gasteiger partial charge in [-0.05, 0) is 37.1 Å². The van der Waals surface area contributed by atoms with Crippen molar-refractivity contribution in [1.29, 1.82) is 0 Å². The van der Waals surface area contributed by atoms with E-state index in [0.29, 0.717) is 11.1 Å². The molecule has 0 aliphatic rings. The molecule has 9 heteroatoms. The van der Waals surface area contributed by atoms with E-state index in [0.717, 1.165) is 5.56 Å². The van der Waals surface area contributed by atoms with Crippen LogP contribution in [0.5, 0.6) is 0 Å². The van der Waals surface area contributed by atoms with E-state index in [1.54, 1.807) is 50.2 Å². The standard InChI is InChI=1S/C19H19N3O6/c1-12-8-9-15(22(26)27)18(13(12)2)21-16(23)11-28-17(24)10-20-19(25)14-6-4-3-5-7-14/h3-9H,10-11H2,1-2H3,(H,20,25)(H,21,23). The molecule has 2 rings (SSSR count). The van der Waals surface area contributed by atoms with Crippen LogP contribution in [-0.4, -0.2) is 35.9 Å². The van der Waals surface area contributed by atoms with Crippen molar-refractivity contribution in [3.8, 4) is 0 Å². The van der Waals surface area contributed by atoms with E-state index in [9.17, 15) is 24.5 Å². The molecule has 28 heavy (non-hydrogen) atoms. The van der Waals surface area contributed by atoms with Crippen molar-refractivity contribution in [2.75, 3.05) is 18.5 Å². The fourth-order valence-corrected chi connectivity index (χ4v) is 2.33. The number of anilines is 1. The highest BCUT2D eigenvalue weighted by Crippen LogP contribution is 2.30. The van der Waals surface area contributed by atoms with E-state index in [1.165, 1.54) is 6.07 Å². The van der Waals surface area contributed by atoms with Gasteiger partial charge in [0.25, 0.3) is 17.5 Å². The van der Waals surface area contributed by atoms with Crippen molar-refractivity contribution in [3.05, 3.63) is 69.3 Å². The Morgan fingerprint density at radius 2 is 1.75 bits per heavy atom. The molecule has 9 nitrogen and oxygen atoms in total. The minimum Gasteiger partial charge on any atom is -0.454 e. The van der Waals surface area contributed by atoms with Crippen LogP contribution in [0.3, 0.4) is 0 Å². The van der Waals surface area contributed by atoms with Gasteiger partial charge >= 0.3 is 5.97 Å². The second-order valence-electron chi connectivity index (χ2n) is 5.92. The molecule has 146 valence electrons. The molecule has 0 heterocycles. The number of hydrogen-bond acceptors (Lipinski definition) is 6. The maximum Gasteiger partial charge on any atom is 0.325 e. The zero-order chi connectivity index (χ0) is 20.7. The van der Waals surface area contributed by atoms with Crippen molar-refractivity contribution >= 4 is 29.2 Å². The highest BCUT2D eigenvalue weighted by molar-refractivity contribution is 5.97. The van der Waals surface area contributed by atoms with Crippen LogP contribution in [0.25, 0.3) is 0 Å². The number of aryl methyl sites for hydroxylation is 1. The molecule has 0 aromatic heterocycles. The van der Waals surface area contributed by atoms with E-state index >= 15 is 0 Å². The molecular formula is C19H19N3O6. The largest absolute Gasteiger partial charge is 0.454 e. The molecule has 2 aromatic rings. The number of rotatable bonds is 7. The molecule has 0 aliphatic carbocycles. The van der Waals surface area contributed by atoms with E-state index in [1.807, 2.05) is 0 Å². The molecule has 2 N–H and O–H groups in total. The zero-order valence-electron chi connectivity index (χ0n) is 15.4. The number of carbonyl (C=O) groups is 3. The van der Waals surface area contributed by atoms with Gasteiger partial charge in [-0.2, -0.15) is 0 Å². The fraction of sp³-hybridized carbons (Fsp3) is 0.211. The monoisotopic (exact) mass is 385 g/mol. The Morgan fingerprint density at radius 3 is 2.39 bits per heavy atom. The molecule has 0 saturated carbocycles. The van der Waals surface area contributed by atoms with Crippen molar-refractivity contribution in [2.24, 2.45) is 0 Å². The van der Waals surface area contributed by atoms with Crippen molar-refractivity contribution in [3.63, 3.8) is 0 Å². The average molecular weight is 385 g/mol. The smallest absolute Gasteiger partial charge is 0.325 e. The van der Waals surface area contributed by atoms with Gasteiger partial charge in [0.2, 0.25) is 0 Å². The quantitative estimate of drug-likeness (QED) is 0.427. The first kappa shape index (κ1) is 20.6. The molecule has 0 spiro atoms. The molecule has 0 atom stereocenters. The van der Waals surface area contributed by atoms with Gasteiger partial charge in [0.05, 0.1) is 4.92 Å². The Labute approximate surface area is 160 Å². The van der Waals surface area contributed by atoms with Crippen LogP contribution in [-0.2, 0) is 14.3 Å². The number of benzene rings is 2. The number of nitrogens with one attached hydrogen (secondary N) is 2. The summed E-state index contributed by atoms with van der Waals surface area (Å²) < 4.78 is 4.80. The maximum absolute atomic E-state index is 12.0. The number of ether oxygens (including phenoxy) is 1. The molecule has 0 fully saturated rings. The lowest BCUT2D eigenvalue weighted by Crippen LogP contribution is -2.32. The summed E-state index contributed by atoms with van der Waals surface area (Å²) in [7, 11) is 0. The third-order valence-corrected chi connectivity index (χ3v) is 3.97. The number of nitro benzene ring substituents is 1. The number of hydrogen-bond donors (Lipinski definition) is 2.